The van der Waals surface area contributed by atoms with Gasteiger partial charge in [0.2, 0.25) is 0 Å². The van der Waals surface area contributed by atoms with Crippen molar-refractivity contribution in [1.82, 2.24) is 4.98 Å². The van der Waals surface area contributed by atoms with Crippen molar-refractivity contribution in [1.29, 1.82) is 0 Å². The first-order valence-corrected chi connectivity index (χ1v) is 6.39. The van der Waals surface area contributed by atoms with Crippen LogP contribution in [0.15, 0.2) is 28.9 Å². The first kappa shape index (κ1) is 14.6. The molecule has 0 bridgehead atoms. The fraction of sp³-hybridized carbons (Fsp3) is 0.385. The Bertz CT molecular complexity index is 493. The molecule has 0 fully saturated rings. The molecule has 4 heteroatoms. The first-order chi connectivity index (χ1) is 7.58. The van der Waals surface area contributed by atoms with Crippen LogP contribution in [-0.2, 0) is 0 Å². The molecule has 0 amide bonds. The van der Waals surface area contributed by atoms with Gasteiger partial charge in [-0.25, -0.2) is 0 Å². The number of nitrogens with two attached hydrogens (primary N) is 1. The number of benzene rings is 1. The van der Waals surface area contributed by atoms with Gasteiger partial charge in [0, 0.05) is 27.6 Å². The van der Waals surface area contributed by atoms with Gasteiger partial charge in [-0.3, -0.25) is 0 Å². The van der Waals surface area contributed by atoms with Crippen LogP contribution in [0.5, 0.6) is 0 Å². The fourth-order valence-electron chi connectivity index (χ4n) is 2.06. The first-order valence-electron chi connectivity index (χ1n) is 5.60. The predicted molar refractivity (Wildman–Crippen MR) is 79.6 cm³/mol. The van der Waals surface area contributed by atoms with Gasteiger partial charge in [-0.05, 0) is 36.1 Å². The summed E-state index contributed by atoms with van der Waals surface area (Å²) in [6.07, 6.45) is 3.05. The molecule has 0 radical (unpaired) electrons. The number of nitrogens with one attached hydrogen (secondary N) is 1. The van der Waals surface area contributed by atoms with Crippen molar-refractivity contribution in [3.63, 3.8) is 0 Å². The molecule has 0 saturated heterocycles. The highest BCUT2D eigenvalue weighted by Gasteiger charge is 2.13. The number of rotatable bonds is 3. The second kappa shape index (κ2) is 5.89. The number of hydrogen-bond donors (Lipinski definition) is 2. The van der Waals surface area contributed by atoms with Gasteiger partial charge < -0.3 is 10.7 Å². The largest absolute Gasteiger partial charge is 0.361 e. The summed E-state index contributed by atoms with van der Waals surface area (Å²) in [5.41, 5.74) is 8.58. The third kappa shape index (κ3) is 3.24. The van der Waals surface area contributed by atoms with Crippen molar-refractivity contribution >= 4 is 39.2 Å². The molecule has 3 N–H and O–H groups in total. The average Bonchev–Trinajstić information content (AvgIpc) is 2.59. The molecule has 1 heterocycles. The van der Waals surface area contributed by atoms with Crippen LogP contribution in [0.2, 0.25) is 0 Å². The molecule has 0 saturated carbocycles. The minimum atomic E-state index is 0. The van der Waals surface area contributed by atoms with Gasteiger partial charge in [-0.1, -0.05) is 29.8 Å². The molecule has 2 nitrogen and oxygen atoms in total. The van der Waals surface area contributed by atoms with Gasteiger partial charge in [0.1, 0.15) is 0 Å². The van der Waals surface area contributed by atoms with Gasteiger partial charge in [0.15, 0.2) is 0 Å². The molecule has 1 aromatic carbocycles. The maximum absolute atomic E-state index is 6.22. The zero-order valence-electron chi connectivity index (χ0n) is 10.0. The van der Waals surface area contributed by atoms with E-state index in [1.807, 2.05) is 12.3 Å². The number of aromatic nitrogens is 1. The van der Waals surface area contributed by atoms with Gasteiger partial charge in [0.25, 0.3) is 0 Å². The van der Waals surface area contributed by atoms with Crippen molar-refractivity contribution < 1.29 is 0 Å². The van der Waals surface area contributed by atoms with E-state index in [0.29, 0.717) is 5.92 Å². The summed E-state index contributed by atoms with van der Waals surface area (Å²) in [5.74, 6) is 0.618. The molecule has 1 aromatic heterocycles. The van der Waals surface area contributed by atoms with E-state index in [2.05, 4.69) is 46.9 Å². The summed E-state index contributed by atoms with van der Waals surface area (Å²) in [5, 5.41) is 1.22. The Morgan fingerprint density at radius 3 is 2.71 bits per heavy atom. The average molecular weight is 318 g/mol. The zero-order valence-corrected chi connectivity index (χ0v) is 12.4. The van der Waals surface area contributed by atoms with Crippen molar-refractivity contribution in [3.8, 4) is 0 Å². The van der Waals surface area contributed by atoms with Gasteiger partial charge in [0.05, 0.1) is 0 Å². The van der Waals surface area contributed by atoms with Crippen LogP contribution in [0.25, 0.3) is 10.9 Å². The molecule has 17 heavy (non-hydrogen) atoms. The predicted octanol–water partition coefficient (Wildman–Crippen LogP) is 4.40. The van der Waals surface area contributed by atoms with Crippen molar-refractivity contribution in [3.05, 3.63) is 34.4 Å². The number of fused-ring (bicyclic) bond motifs is 1. The molecule has 0 aliphatic heterocycles. The summed E-state index contributed by atoms with van der Waals surface area (Å²) in [4.78, 5) is 3.27. The minimum absolute atomic E-state index is 0. The van der Waals surface area contributed by atoms with Crippen LogP contribution >= 0.6 is 28.3 Å². The Morgan fingerprint density at radius 1 is 1.35 bits per heavy atom. The second-order valence-corrected chi connectivity index (χ2v) is 5.59. The Labute approximate surface area is 117 Å². The molecule has 1 atom stereocenters. The van der Waals surface area contributed by atoms with Crippen molar-refractivity contribution in [2.24, 2.45) is 11.7 Å². The van der Waals surface area contributed by atoms with Crippen LogP contribution in [0.3, 0.4) is 0 Å². The van der Waals surface area contributed by atoms with Crippen LogP contribution in [0.1, 0.15) is 31.9 Å². The lowest BCUT2D eigenvalue weighted by Crippen LogP contribution is -2.12. The molecule has 2 rings (SSSR count). The molecule has 0 unspecified atom stereocenters. The smallest absolute Gasteiger partial charge is 0.0458 e. The van der Waals surface area contributed by atoms with Crippen molar-refractivity contribution in [2.45, 2.75) is 26.3 Å². The Hall–Kier alpha value is -0.510. The third-order valence-electron chi connectivity index (χ3n) is 2.80. The normalized spacial score (nSPS) is 12.8. The number of halogens is 2. The summed E-state index contributed by atoms with van der Waals surface area (Å²) < 4.78 is 1.09. The van der Waals surface area contributed by atoms with E-state index >= 15 is 0 Å². The Kier molecular flexibility index (Phi) is 5.04. The van der Waals surface area contributed by atoms with E-state index in [1.54, 1.807) is 0 Å². The maximum atomic E-state index is 6.22. The number of hydrogen-bond acceptors (Lipinski definition) is 1. The Morgan fingerprint density at radius 2 is 2.06 bits per heavy atom. The highest BCUT2D eigenvalue weighted by atomic mass is 79.9. The molecule has 94 valence electrons. The standard InChI is InChI=1S/C13H17BrN2.ClH/c1-8(2)5-12(15)11-7-16-13-4-3-9(14)6-10(11)13;/h3-4,6-8,12,16H,5,15H2,1-2H3;1H/t12-;/m1./s1. The topological polar surface area (TPSA) is 41.8 Å². The molecule has 0 aliphatic carbocycles. The van der Waals surface area contributed by atoms with E-state index in [-0.39, 0.29) is 18.4 Å². The van der Waals surface area contributed by atoms with E-state index < -0.39 is 0 Å². The number of aromatic amines is 1. The van der Waals surface area contributed by atoms with Crippen LogP contribution in [-0.4, -0.2) is 4.98 Å². The van der Waals surface area contributed by atoms with Gasteiger partial charge in [-0.2, -0.15) is 0 Å². The highest BCUT2D eigenvalue weighted by molar-refractivity contribution is 9.10. The van der Waals surface area contributed by atoms with Gasteiger partial charge >= 0.3 is 0 Å². The molecular formula is C13H18BrClN2. The Balaban J connectivity index is 0.00000144. The fourth-order valence-corrected chi connectivity index (χ4v) is 2.42. The van der Waals surface area contributed by atoms with E-state index in [0.717, 1.165) is 16.4 Å². The molecule has 0 spiro atoms. The monoisotopic (exact) mass is 316 g/mol. The van der Waals surface area contributed by atoms with Crippen LogP contribution in [0.4, 0.5) is 0 Å². The lowest BCUT2D eigenvalue weighted by atomic mass is 9.97. The van der Waals surface area contributed by atoms with Gasteiger partial charge in [-0.15, -0.1) is 12.4 Å². The second-order valence-electron chi connectivity index (χ2n) is 4.67. The molecular weight excluding hydrogens is 300 g/mol. The SMILES string of the molecule is CC(C)C[C@@H](N)c1c[nH]c2ccc(Br)cc12.Cl. The highest BCUT2D eigenvalue weighted by Crippen LogP contribution is 2.28. The lowest BCUT2D eigenvalue weighted by molar-refractivity contribution is 0.512. The van der Waals surface area contributed by atoms with Crippen LogP contribution in [0, 0.1) is 5.92 Å². The summed E-state index contributed by atoms with van der Waals surface area (Å²) in [6.45, 7) is 4.40. The minimum Gasteiger partial charge on any atom is -0.361 e. The number of H-pyrrole nitrogens is 1. The van der Waals surface area contributed by atoms with E-state index in [9.17, 15) is 0 Å². The zero-order chi connectivity index (χ0) is 11.7. The molecule has 0 aliphatic rings. The van der Waals surface area contributed by atoms with E-state index in [1.165, 1.54) is 10.9 Å². The van der Waals surface area contributed by atoms with Crippen LogP contribution < -0.4 is 5.73 Å². The van der Waals surface area contributed by atoms with Crippen molar-refractivity contribution in [2.75, 3.05) is 0 Å². The van der Waals surface area contributed by atoms with E-state index in [4.69, 9.17) is 5.73 Å². The summed E-state index contributed by atoms with van der Waals surface area (Å²) >= 11 is 3.50. The summed E-state index contributed by atoms with van der Waals surface area (Å²) in [7, 11) is 0. The molecule has 2 aromatic rings. The quantitative estimate of drug-likeness (QED) is 0.865. The third-order valence-corrected chi connectivity index (χ3v) is 3.29. The summed E-state index contributed by atoms with van der Waals surface area (Å²) in [6, 6.07) is 6.35. The maximum Gasteiger partial charge on any atom is 0.0458 e. The lowest BCUT2D eigenvalue weighted by Gasteiger charge is -2.13.